The number of hydrogen-bond acceptors (Lipinski definition) is 1. The van der Waals surface area contributed by atoms with Gasteiger partial charge in [0.15, 0.2) is 0 Å². The first-order valence-corrected chi connectivity index (χ1v) is 13.3. The van der Waals surface area contributed by atoms with E-state index in [1.165, 1.54) is 71.3 Å². The lowest BCUT2D eigenvalue weighted by atomic mass is 9.81. The predicted octanol–water partition coefficient (Wildman–Crippen LogP) is 10.3. The van der Waals surface area contributed by atoms with Crippen LogP contribution in [0.25, 0.3) is 65.7 Å². The maximum Gasteiger partial charge on any atom is 0.0273 e. The first-order chi connectivity index (χ1) is 18.5. The second kappa shape index (κ2) is 8.53. The topological polar surface area (TPSA) is 12.9 Å². The van der Waals surface area contributed by atoms with Crippen LogP contribution >= 0.6 is 0 Å². The summed E-state index contributed by atoms with van der Waals surface area (Å²) in [6, 6.07) is 40.2. The van der Waals surface area contributed by atoms with Gasteiger partial charge in [-0.1, -0.05) is 112 Å². The Kier molecular flexibility index (Phi) is 5.09. The van der Waals surface area contributed by atoms with Crippen molar-refractivity contribution in [1.29, 1.82) is 0 Å². The molecule has 0 aliphatic carbocycles. The third-order valence-electron chi connectivity index (χ3n) is 7.88. The van der Waals surface area contributed by atoms with Gasteiger partial charge >= 0.3 is 0 Å². The van der Waals surface area contributed by atoms with Crippen molar-refractivity contribution in [2.75, 3.05) is 0 Å². The minimum atomic E-state index is 0.0897. The fraction of sp³-hybridized carbons (Fsp3) is 0.108. The molecule has 0 amide bonds. The van der Waals surface area contributed by atoms with E-state index in [2.05, 4.69) is 135 Å². The van der Waals surface area contributed by atoms with Crippen LogP contribution in [-0.4, -0.2) is 4.98 Å². The molecule has 0 N–H and O–H groups in total. The molecule has 0 fully saturated rings. The van der Waals surface area contributed by atoms with Crippen molar-refractivity contribution in [2.24, 2.45) is 0 Å². The first-order valence-electron chi connectivity index (χ1n) is 13.3. The molecule has 0 aliphatic heterocycles. The zero-order valence-electron chi connectivity index (χ0n) is 22.0. The summed E-state index contributed by atoms with van der Waals surface area (Å²) in [7, 11) is 0. The maximum absolute atomic E-state index is 4.30. The van der Waals surface area contributed by atoms with E-state index in [0.29, 0.717) is 0 Å². The zero-order chi connectivity index (χ0) is 25.9. The normalized spacial score (nSPS) is 12.1. The molecule has 0 bridgehead atoms. The summed E-state index contributed by atoms with van der Waals surface area (Å²) in [6.45, 7) is 6.88. The van der Waals surface area contributed by atoms with Crippen molar-refractivity contribution < 1.29 is 0 Å². The van der Waals surface area contributed by atoms with Crippen LogP contribution in [-0.2, 0) is 5.41 Å². The molecule has 0 aliphatic rings. The Balaban J connectivity index is 1.64. The smallest absolute Gasteiger partial charge is 0.0273 e. The highest BCUT2D eigenvalue weighted by atomic mass is 14.6. The monoisotopic (exact) mass is 487 g/mol. The van der Waals surface area contributed by atoms with E-state index in [1.807, 2.05) is 12.4 Å². The Morgan fingerprint density at radius 3 is 1.71 bits per heavy atom. The summed E-state index contributed by atoms with van der Waals surface area (Å²) in [6.07, 6.45) is 3.78. The van der Waals surface area contributed by atoms with Crippen LogP contribution in [0.1, 0.15) is 26.3 Å². The Morgan fingerprint density at radius 2 is 1.05 bits per heavy atom. The number of aromatic nitrogens is 1. The van der Waals surface area contributed by atoms with E-state index >= 15 is 0 Å². The van der Waals surface area contributed by atoms with Gasteiger partial charge in [-0.3, -0.25) is 4.98 Å². The Hall–Kier alpha value is -4.49. The van der Waals surface area contributed by atoms with Crippen molar-refractivity contribution >= 4 is 32.3 Å². The summed E-state index contributed by atoms with van der Waals surface area (Å²) in [5, 5.41) is 7.88. The van der Waals surface area contributed by atoms with Gasteiger partial charge in [0.1, 0.15) is 0 Å². The minimum absolute atomic E-state index is 0.0897. The molecule has 1 heteroatoms. The molecule has 0 spiro atoms. The van der Waals surface area contributed by atoms with Crippen molar-refractivity contribution in [3.05, 3.63) is 127 Å². The quantitative estimate of drug-likeness (QED) is 0.226. The van der Waals surface area contributed by atoms with Crippen LogP contribution < -0.4 is 0 Å². The van der Waals surface area contributed by atoms with Gasteiger partial charge in [-0.2, -0.15) is 0 Å². The highest BCUT2D eigenvalue weighted by Crippen LogP contribution is 2.46. The van der Waals surface area contributed by atoms with Crippen molar-refractivity contribution in [2.45, 2.75) is 26.2 Å². The number of pyridine rings is 1. The Morgan fingerprint density at radius 1 is 0.474 bits per heavy atom. The molecule has 6 aromatic carbocycles. The van der Waals surface area contributed by atoms with Gasteiger partial charge in [0, 0.05) is 12.4 Å². The summed E-state index contributed by atoms with van der Waals surface area (Å²) in [4.78, 5) is 4.30. The van der Waals surface area contributed by atoms with Crippen molar-refractivity contribution in [3.63, 3.8) is 0 Å². The number of rotatable bonds is 3. The van der Waals surface area contributed by atoms with Gasteiger partial charge in [-0.15, -0.1) is 0 Å². The SMILES string of the molecule is CC(C)(C)c1cc2ccc3c(-c4ccncc4)cc(-c4ccccc4-c4ccccc4)c4ccc(c1)c2c34. The molecule has 7 aromatic rings. The first kappa shape index (κ1) is 22.7. The molecule has 0 saturated carbocycles. The molecule has 0 unspecified atom stereocenters. The molecule has 0 radical (unpaired) electrons. The summed E-state index contributed by atoms with van der Waals surface area (Å²) >= 11 is 0. The minimum Gasteiger partial charge on any atom is -0.265 e. The number of hydrogen-bond donors (Lipinski definition) is 0. The van der Waals surface area contributed by atoms with Crippen LogP contribution in [0.2, 0.25) is 0 Å². The van der Waals surface area contributed by atoms with E-state index in [0.717, 1.165) is 0 Å². The average molecular weight is 488 g/mol. The summed E-state index contributed by atoms with van der Waals surface area (Å²) < 4.78 is 0. The second-order valence-electron chi connectivity index (χ2n) is 11.3. The van der Waals surface area contributed by atoms with Crippen molar-refractivity contribution in [3.8, 4) is 33.4 Å². The van der Waals surface area contributed by atoms with E-state index in [-0.39, 0.29) is 5.41 Å². The summed E-state index contributed by atoms with van der Waals surface area (Å²) in [5.41, 5.74) is 8.88. The lowest BCUT2D eigenvalue weighted by molar-refractivity contribution is 0.591. The largest absolute Gasteiger partial charge is 0.265 e. The standard InChI is InChI=1S/C37H29N/c1-37(2,3)28-21-26-13-15-31-33(25-17-19-38-20-18-25)23-34(32-16-14-27(22-28)35(26)36(31)32)30-12-8-7-11-29(30)24-9-5-4-6-10-24/h4-23H,1-3H3. The molecule has 7 rings (SSSR count). The fourth-order valence-electron chi connectivity index (χ4n) is 5.93. The van der Waals surface area contributed by atoms with Crippen LogP contribution in [0.15, 0.2) is 122 Å². The van der Waals surface area contributed by atoms with Gasteiger partial charge in [0.25, 0.3) is 0 Å². The lowest BCUT2D eigenvalue weighted by Crippen LogP contribution is -2.10. The van der Waals surface area contributed by atoms with Gasteiger partial charge in [-0.25, -0.2) is 0 Å². The summed E-state index contributed by atoms with van der Waals surface area (Å²) in [5.74, 6) is 0. The predicted molar refractivity (Wildman–Crippen MR) is 163 cm³/mol. The molecular weight excluding hydrogens is 458 g/mol. The highest BCUT2D eigenvalue weighted by molar-refractivity contribution is 6.28. The van der Waals surface area contributed by atoms with E-state index in [1.54, 1.807) is 0 Å². The van der Waals surface area contributed by atoms with Gasteiger partial charge in [-0.05, 0) is 94.9 Å². The van der Waals surface area contributed by atoms with Crippen molar-refractivity contribution in [1.82, 2.24) is 4.98 Å². The highest BCUT2D eigenvalue weighted by Gasteiger charge is 2.21. The molecule has 38 heavy (non-hydrogen) atoms. The van der Waals surface area contributed by atoms with E-state index in [9.17, 15) is 0 Å². The molecular formula is C37H29N. The van der Waals surface area contributed by atoms with E-state index < -0.39 is 0 Å². The Labute approximate surface area is 223 Å². The molecule has 1 aromatic heterocycles. The van der Waals surface area contributed by atoms with E-state index in [4.69, 9.17) is 0 Å². The molecule has 1 nitrogen and oxygen atoms in total. The van der Waals surface area contributed by atoms with Crippen LogP contribution in [0.3, 0.4) is 0 Å². The molecule has 0 saturated heterocycles. The van der Waals surface area contributed by atoms with Gasteiger partial charge < -0.3 is 0 Å². The lowest BCUT2D eigenvalue weighted by Gasteiger charge is -2.23. The van der Waals surface area contributed by atoms with Gasteiger partial charge in [0.05, 0.1) is 0 Å². The second-order valence-corrected chi connectivity index (χ2v) is 11.3. The third kappa shape index (κ3) is 3.58. The third-order valence-corrected chi connectivity index (χ3v) is 7.88. The Bertz CT molecular complexity index is 1910. The average Bonchev–Trinajstić information content (AvgIpc) is 2.96. The molecule has 1 heterocycles. The fourth-order valence-corrected chi connectivity index (χ4v) is 5.93. The van der Waals surface area contributed by atoms with Crippen LogP contribution in [0.4, 0.5) is 0 Å². The van der Waals surface area contributed by atoms with Gasteiger partial charge in [0.2, 0.25) is 0 Å². The van der Waals surface area contributed by atoms with Crippen LogP contribution in [0, 0.1) is 0 Å². The number of benzene rings is 6. The van der Waals surface area contributed by atoms with Crippen LogP contribution in [0.5, 0.6) is 0 Å². The molecule has 0 atom stereocenters. The molecule has 182 valence electrons. The zero-order valence-corrected chi connectivity index (χ0v) is 22.0. The maximum atomic E-state index is 4.30. The number of nitrogens with zero attached hydrogens (tertiary/aromatic N) is 1.